The van der Waals surface area contributed by atoms with Gasteiger partial charge in [0.25, 0.3) is 5.91 Å². The van der Waals surface area contributed by atoms with E-state index in [1.807, 2.05) is 6.92 Å². The van der Waals surface area contributed by atoms with Crippen LogP contribution < -0.4 is 5.73 Å². The molecule has 0 bridgehead atoms. The molecule has 1 aliphatic rings. The molecule has 1 aliphatic heterocycles. The standard InChI is InChI=1S/C14H18ClN3O2S/c1-9(13(16)21)17-4-6-18(7-5-17)14(20)11-3-2-10(15)8-12(11)19/h2-3,8-9,19H,4-7H2,1H3,(H2,16,21). The van der Waals surface area contributed by atoms with Crippen molar-refractivity contribution in [2.24, 2.45) is 5.73 Å². The number of nitrogens with two attached hydrogens (primary N) is 1. The van der Waals surface area contributed by atoms with E-state index in [1.54, 1.807) is 17.0 Å². The van der Waals surface area contributed by atoms with Gasteiger partial charge in [-0.15, -0.1) is 0 Å². The molecule has 1 saturated heterocycles. The highest BCUT2D eigenvalue weighted by Gasteiger charge is 2.26. The highest BCUT2D eigenvalue weighted by molar-refractivity contribution is 7.80. The first kappa shape index (κ1) is 16.0. The van der Waals surface area contributed by atoms with Crippen LogP contribution in [0.3, 0.4) is 0 Å². The molecule has 5 nitrogen and oxygen atoms in total. The molecule has 0 radical (unpaired) electrons. The number of phenolic OH excluding ortho intramolecular Hbond substituents is 1. The van der Waals surface area contributed by atoms with Crippen LogP contribution in [-0.4, -0.2) is 58.0 Å². The van der Waals surface area contributed by atoms with Crippen LogP contribution in [-0.2, 0) is 0 Å². The molecule has 114 valence electrons. The van der Waals surface area contributed by atoms with Gasteiger partial charge in [0.2, 0.25) is 0 Å². The molecular weight excluding hydrogens is 310 g/mol. The number of carbonyl (C=O) groups is 1. The lowest BCUT2D eigenvalue weighted by atomic mass is 10.1. The number of carbonyl (C=O) groups excluding carboxylic acids is 1. The maximum absolute atomic E-state index is 12.4. The zero-order chi connectivity index (χ0) is 15.6. The first-order chi connectivity index (χ1) is 9.90. The average molecular weight is 328 g/mol. The number of amides is 1. The summed E-state index contributed by atoms with van der Waals surface area (Å²) in [6, 6.07) is 4.55. The van der Waals surface area contributed by atoms with Gasteiger partial charge < -0.3 is 15.7 Å². The van der Waals surface area contributed by atoms with Crippen LogP contribution in [0, 0.1) is 0 Å². The minimum absolute atomic E-state index is 0.0289. The average Bonchev–Trinajstić information content (AvgIpc) is 2.46. The summed E-state index contributed by atoms with van der Waals surface area (Å²) >= 11 is 10.8. The van der Waals surface area contributed by atoms with Crippen molar-refractivity contribution in [3.63, 3.8) is 0 Å². The highest BCUT2D eigenvalue weighted by Crippen LogP contribution is 2.23. The quantitative estimate of drug-likeness (QED) is 0.823. The third-order valence-electron chi connectivity index (χ3n) is 3.75. The summed E-state index contributed by atoms with van der Waals surface area (Å²) in [5.74, 6) is -0.279. The molecule has 1 amide bonds. The first-order valence-electron chi connectivity index (χ1n) is 6.71. The summed E-state index contributed by atoms with van der Waals surface area (Å²) in [5.41, 5.74) is 5.92. The minimum atomic E-state index is -0.188. The van der Waals surface area contributed by atoms with Gasteiger partial charge in [0.05, 0.1) is 16.6 Å². The Balaban J connectivity index is 2.02. The fraction of sp³-hybridized carbons (Fsp3) is 0.429. The number of piperazine rings is 1. The molecule has 1 aromatic carbocycles. The van der Waals surface area contributed by atoms with Crippen molar-refractivity contribution < 1.29 is 9.90 Å². The summed E-state index contributed by atoms with van der Waals surface area (Å²) in [6.07, 6.45) is 0. The van der Waals surface area contributed by atoms with E-state index in [0.29, 0.717) is 36.2 Å². The number of hydrogen-bond donors (Lipinski definition) is 2. The molecule has 0 saturated carbocycles. The van der Waals surface area contributed by atoms with E-state index >= 15 is 0 Å². The van der Waals surface area contributed by atoms with Gasteiger partial charge in [-0.25, -0.2) is 0 Å². The van der Waals surface area contributed by atoms with Crippen LogP contribution >= 0.6 is 23.8 Å². The highest BCUT2D eigenvalue weighted by atomic mass is 35.5. The van der Waals surface area contributed by atoms with Gasteiger partial charge in [-0.3, -0.25) is 9.69 Å². The zero-order valence-corrected chi connectivity index (χ0v) is 13.3. The molecule has 1 fully saturated rings. The lowest BCUT2D eigenvalue weighted by Crippen LogP contribution is -2.53. The van der Waals surface area contributed by atoms with Crippen molar-refractivity contribution in [2.45, 2.75) is 13.0 Å². The number of benzene rings is 1. The molecule has 7 heteroatoms. The summed E-state index contributed by atoms with van der Waals surface area (Å²) < 4.78 is 0. The maximum Gasteiger partial charge on any atom is 0.257 e. The van der Waals surface area contributed by atoms with Gasteiger partial charge in [0, 0.05) is 31.2 Å². The molecule has 21 heavy (non-hydrogen) atoms. The number of hydrogen-bond acceptors (Lipinski definition) is 4. The molecule has 1 heterocycles. The predicted molar refractivity (Wildman–Crippen MR) is 86.8 cm³/mol. The van der Waals surface area contributed by atoms with E-state index in [1.165, 1.54) is 6.07 Å². The molecule has 0 aromatic heterocycles. The number of rotatable bonds is 3. The van der Waals surface area contributed by atoms with Crippen LogP contribution in [0.25, 0.3) is 0 Å². The lowest BCUT2D eigenvalue weighted by Gasteiger charge is -2.37. The minimum Gasteiger partial charge on any atom is -0.507 e. The van der Waals surface area contributed by atoms with Crippen LogP contribution in [0.4, 0.5) is 0 Å². The number of phenols is 1. The summed E-state index contributed by atoms with van der Waals surface area (Å²) in [7, 11) is 0. The normalized spacial score (nSPS) is 17.5. The number of nitrogens with zero attached hydrogens (tertiary/aromatic N) is 2. The summed E-state index contributed by atoms with van der Waals surface area (Å²) in [5, 5.41) is 10.2. The van der Waals surface area contributed by atoms with E-state index in [2.05, 4.69) is 4.90 Å². The second kappa shape index (κ2) is 6.60. The number of thiocarbonyl (C=S) groups is 1. The van der Waals surface area contributed by atoms with Crippen molar-refractivity contribution in [3.05, 3.63) is 28.8 Å². The molecule has 0 aliphatic carbocycles. The van der Waals surface area contributed by atoms with E-state index < -0.39 is 0 Å². The Morgan fingerprint density at radius 1 is 1.38 bits per heavy atom. The molecule has 1 atom stereocenters. The first-order valence-corrected chi connectivity index (χ1v) is 7.50. The van der Waals surface area contributed by atoms with Crippen molar-refractivity contribution in [1.82, 2.24) is 9.80 Å². The van der Waals surface area contributed by atoms with Crippen molar-refractivity contribution in [3.8, 4) is 5.75 Å². The topological polar surface area (TPSA) is 69.8 Å². The van der Waals surface area contributed by atoms with Crippen molar-refractivity contribution in [1.29, 1.82) is 0 Å². The molecule has 1 unspecified atom stereocenters. The van der Waals surface area contributed by atoms with E-state index in [0.717, 1.165) is 0 Å². The lowest BCUT2D eigenvalue weighted by molar-refractivity contribution is 0.0619. The summed E-state index contributed by atoms with van der Waals surface area (Å²) in [4.78, 5) is 16.7. The van der Waals surface area contributed by atoms with Gasteiger partial charge in [-0.1, -0.05) is 23.8 Å². The molecule has 1 aromatic rings. The Kier molecular flexibility index (Phi) is 5.03. The Morgan fingerprint density at radius 3 is 2.52 bits per heavy atom. The molecular formula is C14H18ClN3O2S. The van der Waals surface area contributed by atoms with Crippen LogP contribution in [0.15, 0.2) is 18.2 Å². The Bertz CT molecular complexity index is 559. The van der Waals surface area contributed by atoms with Crippen LogP contribution in [0.5, 0.6) is 5.75 Å². The Morgan fingerprint density at radius 2 is 2.00 bits per heavy atom. The van der Waals surface area contributed by atoms with E-state index in [4.69, 9.17) is 29.6 Å². The van der Waals surface area contributed by atoms with Gasteiger partial charge in [-0.2, -0.15) is 0 Å². The third kappa shape index (κ3) is 3.64. The van der Waals surface area contributed by atoms with Crippen LogP contribution in [0.2, 0.25) is 5.02 Å². The fourth-order valence-corrected chi connectivity index (χ4v) is 2.66. The van der Waals surface area contributed by atoms with Crippen LogP contribution in [0.1, 0.15) is 17.3 Å². The Hall–Kier alpha value is -1.37. The predicted octanol–water partition coefficient (Wildman–Crippen LogP) is 1.48. The zero-order valence-electron chi connectivity index (χ0n) is 11.8. The number of halogens is 1. The van der Waals surface area contributed by atoms with Crippen molar-refractivity contribution in [2.75, 3.05) is 26.2 Å². The SMILES string of the molecule is CC(C(N)=S)N1CCN(C(=O)c2ccc(Cl)cc2O)CC1. The summed E-state index contributed by atoms with van der Waals surface area (Å²) in [6.45, 7) is 4.53. The second-order valence-corrected chi connectivity index (χ2v) is 5.98. The smallest absolute Gasteiger partial charge is 0.257 e. The van der Waals surface area contributed by atoms with Crippen molar-refractivity contribution >= 4 is 34.7 Å². The monoisotopic (exact) mass is 327 g/mol. The van der Waals surface area contributed by atoms with Gasteiger partial charge in [0.15, 0.2) is 0 Å². The molecule has 0 spiro atoms. The van der Waals surface area contributed by atoms with Gasteiger partial charge >= 0.3 is 0 Å². The molecule has 3 N–H and O–H groups in total. The van der Waals surface area contributed by atoms with Gasteiger partial charge in [-0.05, 0) is 25.1 Å². The molecule has 2 rings (SSSR count). The van der Waals surface area contributed by atoms with E-state index in [9.17, 15) is 9.90 Å². The second-order valence-electron chi connectivity index (χ2n) is 5.07. The van der Waals surface area contributed by atoms with E-state index in [-0.39, 0.29) is 23.3 Å². The van der Waals surface area contributed by atoms with Gasteiger partial charge in [0.1, 0.15) is 5.75 Å². The largest absolute Gasteiger partial charge is 0.507 e. The Labute approximate surface area is 134 Å². The third-order valence-corrected chi connectivity index (χ3v) is 4.33. The fourth-order valence-electron chi connectivity index (χ4n) is 2.35. The number of aromatic hydroxyl groups is 1. The maximum atomic E-state index is 12.4.